The molecule has 196 valence electrons. The van der Waals surface area contributed by atoms with E-state index in [9.17, 15) is 9.59 Å². The van der Waals surface area contributed by atoms with Crippen molar-refractivity contribution in [3.8, 4) is 0 Å². The second-order valence-corrected chi connectivity index (χ2v) is 13.6. The van der Waals surface area contributed by atoms with Gasteiger partial charge in [-0.3, -0.25) is 9.59 Å². The highest BCUT2D eigenvalue weighted by Gasteiger charge is 2.41. The fourth-order valence-electron chi connectivity index (χ4n) is 6.31. The van der Waals surface area contributed by atoms with Gasteiger partial charge in [0.1, 0.15) is 6.10 Å². The first-order valence-corrected chi connectivity index (χ1v) is 13.9. The summed E-state index contributed by atoms with van der Waals surface area (Å²) in [4.78, 5) is 25.9. The summed E-state index contributed by atoms with van der Waals surface area (Å²) in [5.41, 5.74) is -0.0484. The van der Waals surface area contributed by atoms with Crippen LogP contribution in [0.25, 0.3) is 0 Å². The van der Waals surface area contributed by atoms with E-state index in [1.165, 1.54) is 19.3 Å². The zero-order valence-corrected chi connectivity index (χ0v) is 22.7. The van der Waals surface area contributed by atoms with Crippen LogP contribution in [-0.4, -0.2) is 30.9 Å². The first-order valence-electron chi connectivity index (χ1n) is 13.9. The second-order valence-electron chi connectivity index (χ2n) is 13.6. The molecule has 0 amide bonds. The van der Waals surface area contributed by atoms with Crippen LogP contribution in [0, 0.1) is 34.5 Å². The highest BCUT2D eigenvalue weighted by molar-refractivity contribution is 5.73. The van der Waals surface area contributed by atoms with Gasteiger partial charge in [0.2, 0.25) is 0 Å². The Bertz CT molecular complexity index is 667. The summed E-state index contributed by atoms with van der Waals surface area (Å²) < 4.78 is 17.4. The first kappa shape index (κ1) is 27.5. The van der Waals surface area contributed by atoms with Crippen LogP contribution in [0.4, 0.5) is 0 Å². The molecule has 0 spiro atoms. The molecule has 3 rings (SSSR count). The van der Waals surface area contributed by atoms with Gasteiger partial charge in [-0.15, -0.1) is 0 Å². The van der Waals surface area contributed by atoms with Crippen molar-refractivity contribution < 1.29 is 23.8 Å². The van der Waals surface area contributed by atoms with Crippen molar-refractivity contribution in [3.63, 3.8) is 0 Å². The number of carbonyl (C=O) groups is 2. The summed E-state index contributed by atoms with van der Waals surface area (Å²) in [6, 6.07) is 0. The molecule has 0 aromatic rings. The molecule has 0 radical (unpaired) electrons. The summed E-state index contributed by atoms with van der Waals surface area (Å²) >= 11 is 0. The first-order chi connectivity index (χ1) is 15.9. The Morgan fingerprint density at radius 3 is 2.12 bits per heavy atom. The largest absolute Gasteiger partial charge is 0.462 e. The van der Waals surface area contributed by atoms with Crippen LogP contribution in [0.2, 0.25) is 0 Å². The third kappa shape index (κ3) is 8.24. The Morgan fingerprint density at radius 2 is 1.47 bits per heavy atom. The molecule has 0 aromatic heterocycles. The lowest BCUT2D eigenvalue weighted by Crippen LogP contribution is -2.40. The molecule has 0 heterocycles. The average Bonchev–Trinajstić information content (AvgIpc) is 2.76. The normalized spacial score (nSPS) is 29.7. The number of rotatable bonds is 7. The minimum Gasteiger partial charge on any atom is -0.462 e. The van der Waals surface area contributed by atoms with E-state index in [4.69, 9.17) is 14.2 Å². The van der Waals surface area contributed by atoms with Gasteiger partial charge in [-0.05, 0) is 80.5 Å². The van der Waals surface area contributed by atoms with E-state index in [1.807, 2.05) is 0 Å². The number of ether oxygens (including phenoxy) is 3. The van der Waals surface area contributed by atoms with Crippen molar-refractivity contribution in [2.24, 2.45) is 34.5 Å². The van der Waals surface area contributed by atoms with Crippen LogP contribution in [0.5, 0.6) is 0 Å². The van der Waals surface area contributed by atoms with Gasteiger partial charge in [-0.25, -0.2) is 0 Å². The van der Waals surface area contributed by atoms with Crippen LogP contribution in [-0.2, 0) is 23.8 Å². The number of hydrogen-bond donors (Lipinski definition) is 0. The molecule has 3 aliphatic carbocycles. The van der Waals surface area contributed by atoms with Crippen molar-refractivity contribution in [1.82, 2.24) is 0 Å². The lowest BCUT2D eigenvalue weighted by atomic mass is 9.66. The summed E-state index contributed by atoms with van der Waals surface area (Å²) in [5, 5.41) is 0. The molecule has 5 heteroatoms. The highest BCUT2D eigenvalue weighted by Crippen LogP contribution is 2.45. The molecule has 0 N–H and O–H groups in total. The molecule has 5 nitrogen and oxygen atoms in total. The molecule has 0 bridgehead atoms. The molecular formula is C29H50O5. The summed E-state index contributed by atoms with van der Waals surface area (Å²) in [6.07, 6.45) is 12.7. The van der Waals surface area contributed by atoms with Crippen LogP contribution in [0.15, 0.2) is 0 Å². The summed E-state index contributed by atoms with van der Waals surface area (Å²) in [5.74, 6) is 0.777. The maximum absolute atomic E-state index is 13.2. The Labute approximate surface area is 208 Å². The van der Waals surface area contributed by atoms with Crippen molar-refractivity contribution in [2.45, 2.75) is 131 Å². The lowest BCUT2D eigenvalue weighted by molar-refractivity contribution is -0.171. The topological polar surface area (TPSA) is 61.8 Å². The fraction of sp³-hybridized carbons (Fsp3) is 0.931. The van der Waals surface area contributed by atoms with Gasteiger partial charge < -0.3 is 14.2 Å². The van der Waals surface area contributed by atoms with Gasteiger partial charge in [-0.2, -0.15) is 0 Å². The highest BCUT2D eigenvalue weighted by atomic mass is 16.7. The smallest absolute Gasteiger partial charge is 0.311 e. The molecular weight excluding hydrogens is 428 g/mol. The molecule has 3 aliphatic rings. The van der Waals surface area contributed by atoms with Crippen LogP contribution in [0.1, 0.15) is 119 Å². The van der Waals surface area contributed by atoms with Crippen LogP contribution >= 0.6 is 0 Å². The predicted octanol–water partition coefficient (Wildman–Crippen LogP) is 7.06. The zero-order valence-electron chi connectivity index (χ0n) is 22.7. The van der Waals surface area contributed by atoms with Gasteiger partial charge in [0.15, 0.2) is 6.79 Å². The van der Waals surface area contributed by atoms with E-state index in [0.717, 1.165) is 57.8 Å². The quantitative estimate of drug-likeness (QED) is 0.289. The second kappa shape index (κ2) is 11.8. The van der Waals surface area contributed by atoms with E-state index < -0.39 is 0 Å². The molecule has 3 fully saturated rings. The maximum atomic E-state index is 13.2. The van der Waals surface area contributed by atoms with E-state index >= 15 is 0 Å². The van der Waals surface area contributed by atoms with E-state index in [0.29, 0.717) is 11.8 Å². The maximum Gasteiger partial charge on any atom is 0.311 e. The zero-order chi connectivity index (χ0) is 24.9. The fourth-order valence-corrected chi connectivity index (χ4v) is 6.31. The van der Waals surface area contributed by atoms with Crippen molar-refractivity contribution in [2.75, 3.05) is 6.79 Å². The summed E-state index contributed by atoms with van der Waals surface area (Å²) in [6.45, 7) is 13.1. The molecule has 5 atom stereocenters. The van der Waals surface area contributed by atoms with Crippen LogP contribution < -0.4 is 0 Å². The van der Waals surface area contributed by atoms with Crippen molar-refractivity contribution >= 4 is 11.9 Å². The number of esters is 2. The lowest BCUT2D eigenvalue weighted by Gasteiger charge is -2.42. The van der Waals surface area contributed by atoms with Crippen molar-refractivity contribution in [1.29, 1.82) is 0 Å². The SMILES string of the molecule is CC(C)(C)CC(C(=O)OC1CCC2CCC(C(=O)OCOC3CCCCC3)CC2C1)C(C)(C)C. The van der Waals surface area contributed by atoms with E-state index in [1.54, 1.807) is 0 Å². The van der Waals surface area contributed by atoms with E-state index in [2.05, 4.69) is 41.5 Å². The Balaban J connectivity index is 1.48. The number of carbonyl (C=O) groups excluding carboxylic acids is 2. The minimum absolute atomic E-state index is 0.0250. The van der Waals surface area contributed by atoms with Gasteiger partial charge in [0, 0.05) is 0 Å². The third-order valence-corrected chi connectivity index (χ3v) is 8.38. The molecule has 5 unspecified atom stereocenters. The molecule has 0 aromatic carbocycles. The number of hydrogen-bond acceptors (Lipinski definition) is 5. The van der Waals surface area contributed by atoms with Crippen LogP contribution in [0.3, 0.4) is 0 Å². The Morgan fingerprint density at radius 1 is 0.794 bits per heavy atom. The predicted molar refractivity (Wildman–Crippen MR) is 134 cm³/mol. The molecule has 0 saturated heterocycles. The molecule has 0 aliphatic heterocycles. The minimum atomic E-state index is -0.124. The monoisotopic (exact) mass is 478 g/mol. The summed E-state index contributed by atoms with van der Waals surface area (Å²) in [7, 11) is 0. The standard InChI is InChI=1S/C29H50O5/c1-28(2,3)18-25(29(4,5)6)27(31)34-24-15-14-20-12-13-21(16-22(20)17-24)26(30)33-19-32-23-10-8-7-9-11-23/h20-25H,7-19H2,1-6H3. The third-order valence-electron chi connectivity index (χ3n) is 8.38. The van der Waals surface area contributed by atoms with E-state index in [-0.39, 0.29) is 53.6 Å². The Kier molecular flexibility index (Phi) is 9.50. The van der Waals surface area contributed by atoms with Gasteiger partial charge in [-0.1, -0.05) is 60.8 Å². The van der Waals surface area contributed by atoms with Gasteiger partial charge in [0.25, 0.3) is 0 Å². The molecule has 34 heavy (non-hydrogen) atoms. The molecule has 3 saturated carbocycles. The Hall–Kier alpha value is -1.10. The average molecular weight is 479 g/mol. The van der Waals surface area contributed by atoms with Gasteiger partial charge >= 0.3 is 11.9 Å². The van der Waals surface area contributed by atoms with Crippen molar-refractivity contribution in [3.05, 3.63) is 0 Å². The number of fused-ring (bicyclic) bond motifs is 1. The van der Waals surface area contributed by atoms with Gasteiger partial charge in [0.05, 0.1) is 17.9 Å².